The van der Waals surface area contributed by atoms with Crippen LogP contribution >= 0.6 is 11.8 Å². The highest BCUT2D eigenvalue weighted by Crippen LogP contribution is 2.18. The minimum Gasteiger partial charge on any atom is -0.459 e. The molecule has 0 fully saturated rings. The highest BCUT2D eigenvalue weighted by atomic mass is 32.2. The Morgan fingerprint density at radius 3 is 2.36 bits per heavy atom. The fourth-order valence-corrected chi connectivity index (χ4v) is 2.98. The van der Waals surface area contributed by atoms with Gasteiger partial charge in [-0.05, 0) is 54.3 Å². The first kappa shape index (κ1) is 19.6. The van der Waals surface area contributed by atoms with Gasteiger partial charge in [0.25, 0.3) is 5.91 Å². The molecule has 6 nitrogen and oxygen atoms in total. The van der Waals surface area contributed by atoms with Gasteiger partial charge < -0.3 is 20.0 Å². The maximum Gasteiger partial charge on any atom is 0.321 e. The summed E-state index contributed by atoms with van der Waals surface area (Å²) in [4.78, 5) is 27.3. The Balaban J connectivity index is 1.59. The predicted molar refractivity (Wildman–Crippen MR) is 112 cm³/mol. The largest absolute Gasteiger partial charge is 0.459 e. The van der Waals surface area contributed by atoms with Gasteiger partial charge in [0.05, 0.1) is 6.26 Å². The summed E-state index contributed by atoms with van der Waals surface area (Å²) in [6.45, 7) is 0.495. The number of carbonyl (C=O) groups excluding carboxylic acids is 2. The van der Waals surface area contributed by atoms with Crippen molar-refractivity contribution in [3.8, 4) is 0 Å². The lowest BCUT2D eigenvalue weighted by Gasteiger charge is -2.18. The lowest BCUT2D eigenvalue weighted by atomic mass is 10.2. The fourth-order valence-electron chi connectivity index (χ4n) is 2.57. The first-order valence-corrected chi connectivity index (χ1v) is 9.87. The summed E-state index contributed by atoms with van der Waals surface area (Å²) in [7, 11) is 1.74. The number of nitrogens with zero attached hydrogens (tertiary/aromatic N) is 1. The zero-order valence-electron chi connectivity index (χ0n) is 15.6. The number of hydrogen-bond acceptors (Lipinski definition) is 4. The van der Waals surface area contributed by atoms with E-state index in [1.165, 1.54) is 11.2 Å². The molecule has 0 aliphatic carbocycles. The quantitative estimate of drug-likeness (QED) is 0.581. The van der Waals surface area contributed by atoms with Gasteiger partial charge in [0, 0.05) is 29.9 Å². The second kappa shape index (κ2) is 9.14. The lowest BCUT2D eigenvalue weighted by Crippen LogP contribution is -2.30. The van der Waals surface area contributed by atoms with E-state index >= 15 is 0 Å². The molecular weight excluding hydrogens is 374 g/mol. The Labute approximate surface area is 167 Å². The molecule has 1 aromatic heterocycles. The van der Waals surface area contributed by atoms with E-state index in [2.05, 4.69) is 10.6 Å². The molecule has 3 rings (SSSR count). The SMILES string of the molecule is CSc1ccc(CN(C)C(=O)Nc2cccc(NC(=O)c3ccco3)c2)cc1. The molecule has 0 atom stereocenters. The lowest BCUT2D eigenvalue weighted by molar-refractivity contribution is 0.0996. The van der Waals surface area contributed by atoms with Gasteiger partial charge in [-0.3, -0.25) is 4.79 Å². The number of furan rings is 1. The van der Waals surface area contributed by atoms with E-state index in [0.717, 1.165) is 5.56 Å². The monoisotopic (exact) mass is 395 g/mol. The van der Waals surface area contributed by atoms with Crippen molar-refractivity contribution in [3.05, 3.63) is 78.3 Å². The smallest absolute Gasteiger partial charge is 0.321 e. The molecule has 0 saturated carbocycles. The van der Waals surface area contributed by atoms with Gasteiger partial charge in [-0.25, -0.2) is 4.79 Å². The molecule has 2 N–H and O–H groups in total. The second-order valence-corrected chi connectivity index (χ2v) is 7.03. The van der Waals surface area contributed by atoms with Gasteiger partial charge in [-0.15, -0.1) is 11.8 Å². The number of carbonyl (C=O) groups is 2. The number of anilines is 2. The van der Waals surface area contributed by atoms with E-state index in [4.69, 9.17) is 4.42 Å². The molecule has 0 radical (unpaired) electrons. The first-order valence-electron chi connectivity index (χ1n) is 8.65. The van der Waals surface area contributed by atoms with Gasteiger partial charge in [0.1, 0.15) is 0 Å². The van der Waals surface area contributed by atoms with Gasteiger partial charge in [0.15, 0.2) is 5.76 Å². The highest BCUT2D eigenvalue weighted by Gasteiger charge is 2.12. The van der Waals surface area contributed by atoms with Crippen LogP contribution in [0.3, 0.4) is 0 Å². The molecule has 3 aromatic rings. The Hall–Kier alpha value is -3.19. The zero-order valence-corrected chi connectivity index (χ0v) is 16.5. The number of amides is 3. The summed E-state index contributed by atoms with van der Waals surface area (Å²) < 4.78 is 5.08. The highest BCUT2D eigenvalue weighted by molar-refractivity contribution is 7.98. The summed E-state index contributed by atoms with van der Waals surface area (Å²) >= 11 is 1.68. The molecule has 0 saturated heterocycles. The maximum absolute atomic E-state index is 12.5. The molecule has 144 valence electrons. The van der Waals surface area contributed by atoms with E-state index < -0.39 is 0 Å². The molecule has 0 aliphatic heterocycles. The molecule has 28 heavy (non-hydrogen) atoms. The van der Waals surface area contributed by atoms with E-state index in [0.29, 0.717) is 17.9 Å². The summed E-state index contributed by atoms with van der Waals surface area (Å²) in [6.07, 6.45) is 3.47. The van der Waals surface area contributed by atoms with Crippen LogP contribution in [-0.4, -0.2) is 30.1 Å². The fraction of sp³-hybridized carbons (Fsp3) is 0.143. The predicted octanol–water partition coefficient (Wildman–Crippen LogP) is 4.92. The number of thioether (sulfide) groups is 1. The Morgan fingerprint density at radius 2 is 1.71 bits per heavy atom. The third kappa shape index (κ3) is 5.17. The van der Waals surface area contributed by atoms with Crippen molar-refractivity contribution < 1.29 is 14.0 Å². The van der Waals surface area contributed by atoms with E-state index in [9.17, 15) is 9.59 Å². The summed E-state index contributed by atoms with van der Waals surface area (Å²) in [5.41, 5.74) is 2.20. The van der Waals surface area contributed by atoms with Gasteiger partial charge >= 0.3 is 6.03 Å². The molecule has 2 aromatic carbocycles. The number of rotatable bonds is 6. The van der Waals surface area contributed by atoms with E-state index in [-0.39, 0.29) is 17.7 Å². The molecule has 0 aliphatic rings. The van der Waals surface area contributed by atoms with Crippen LogP contribution in [0.4, 0.5) is 16.2 Å². The van der Waals surface area contributed by atoms with Crippen LogP contribution in [0.1, 0.15) is 16.1 Å². The standard InChI is InChI=1S/C21H21N3O3S/c1-24(14-15-8-10-18(28-2)11-9-15)21(26)23-17-6-3-5-16(13-17)22-20(25)19-7-4-12-27-19/h3-13H,14H2,1-2H3,(H,22,25)(H,23,26). The second-order valence-electron chi connectivity index (χ2n) is 6.15. The first-order chi connectivity index (χ1) is 13.5. The third-order valence-electron chi connectivity index (χ3n) is 4.04. The van der Waals surface area contributed by atoms with Crippen LogP contribution in [0, 0.1) is 0 Å². The van der Waals surface area contributed by atoms with Crippen LogP contribution in [-0.2, 0) is 6.54 Å². The van der Waals surface area contributed by atoms with E-state index in [1.54, 1.807) is 60.1 Å². The molecule has 3 amide bonds. The van der Waals surface area contributed by atoms with Crippen molar-refractivity contribution in [2.45, 2.75) is 11.4 Å². The van der Waals surface area contributed by atoms with Crippen molar-refractivity contribution in [1.82, 2.24) is 4.90 Å². The van der Waals surface area contributed by atoms with Crippen molar-refractivity contribution in [1.29, 1.82) is 0 Å². The topological polar surface area (TPSA) is 74.6 Å². The van der Waals surface area contributed by atoms with Crippen molar-refractivity contribution in [2.24, 2.45) is 0 Å². The molecule has 0 unspecified atom stereocenters. The minimum absolute atomic E-state index is 0.224. The Kier molecular flexibility index (Phi) is 6.39. The number of urea groups is 1. The van der Waals surface area contributed by atoms with Crippen molar-refractivity contribution in [3.63, 3.8) is 0 Å². The number of benzene rings is 2. The Bertz CT molecular complexity index is 940. The van der Waals surface area contributed by atoms with Crippen LogP contribution < -0.4 is 10.6 Å². The summed E-state index contributed by atoms with van der Waals surface area (Å²) in [5.74, 6) is -0.124. The number of hydrogen-bond donors (Lipinski definition) is 2. The van der Waals surface area contributed by atoms with Crippen LogP contribution in [0.5, 0.6) is 0 Å². The minimum atomic E-state index is -0.348. The van der Waals surface area contributed by atoms with Gasteiger partial charge in [-0.2, -0.15) is 0 Å². The van der Waals surface area contributed by atoms with Crippen molar-refractivity contribution >= 4 is 35.1 Å². The zero-order chi connectivity index (χ0) is 19.9. The average Bonchev–Trinajstić information content (AvgIpc) is 3.24. The average molecular weight is 395 g/mol. The van der Waals surface area contributed by atoms with E-state index in [1.807, 2.05) is 30.5 Å². The Morgan fingerprint density at radius 1 is 1.00 bits per heavy atom. The van der Waals surface area contributed by atoms with Crippen LogP contribution in [0.15, 0.2) is 76.2 Å². The molecule has 0 bridgehead atoms. The van der Waals surface area contributed by atoms with Crippen LogP contribution in [0.2, 0.25) is 0 Å². The van der Waals surface area contributed by atoms with Gasteiger partial charge in [-0.1, -0.05) is 18.2 Å². The number of nitrogens with one attached hydrogen (secondary N) is 2. The summed E-state index contributed by atoms with van der Waals surface area (Å²) in [5, 5.41) is 5.58. The normalized spacial score (nSPS) is 10.4. The summed E-state index contributed by atoms with van der Waals surface area (Å²) in [6, 6.07) is 18.1. The van der Waals surface area contributed by atoms with Gasteiger partial charge in [0.2, 0.25) is 0 Å². The molecule has 1 heterocycles. The third-order valence-corrected chi connectivity index (χ3v) is 4.79. The molecule has 0 spiro atoms. The molecule has 7 heteroatoms. The maximum atomic E-state index is 12.5. The van der Waals surface area contributed by atoms with Crippen molar-refractivity contribution in [2.75, 3.05) is 23.9 Å². The van der Waals surface area contributed by atoms with Crippen LogP contribution in [0.25, 0.3) is 0 Å². The molecular formula is C21H21N3O3S.